The van der Waals surface area contributed by atoms with Gasteiger partial charge in [-0.15, -0.1) is 7.92 Å². The summed E-state index contributed by atoms with van der Waals surface area (Å²) in [6.45, 7) is 6.87. The number of esters is 2. The van der Waals surface area contributed by atoms with E-state index in [4.69, 9.17) is 4.55 Å². The number of carbonyl (C=O) groups excluding carboxylic acids is 2. The number of benzene rings is 1. The molecule has 1 aromatic rings. The van der Waals surface area contributed by atoms with Gasteiger partial charge >= 0.3 is 11.9 Å². The minimum absolute atomic E-state index is 0.187. The standard InChI is InChI=1S/C10H10O7S.C6H15P/c1-16-9(11)6-3-7(10(12)17-2)5-8(4-6)18(13,14)15;1-4-7(5-2)6-3/h3-5H,1-2H3,(H,13,14,15);4-6H2,1-3H3. The Hall–Kier alpha value is -1.50. The number of methoxy groups -OCH3 is 2. The number of hydrogen-bond donors (Lipinski definition) is 1. The molecule has 25 heavy (non-hydrogen) atoms. The summed E-state index contributed by atoms with van der Waals surface area (Å²) in [6, 6.07) is 2.90. The van der Waals surface area contributed by atoms with Crippen molar-refractivity contribution in [3.05, 3.63) is 29.3 Å². The van der Waals surface area contributed by atoms with Crippen LogP contribution in [0.25, 0.3) is 0 Å². The van der Waals surface area contributed by atoms with Gasteiger partial charge in [0.2, 0.25) is 0 Å². The van der Waals surface area contributed by atoms with Gasteiger partial charge in [0.25, 0.3) is 10.1 Å². The first-order valence-electron chi connectivity index (χ1n) is 7.66. The summed E-state index contributed by atoms with van der Waals surface area (Å²) in [5.74, 6) is -1.68. The molecule has 0 aliphatic carbocycles. The van der Waals surface area contributed by atoms with Crippen LogP contribution in [0.4, 0.5) is 0 Å². The van der Waals surface area contributed by atoms with E-state index in [9.17, 15) is 18.0 Å². The van der Waals surface area contributed by atoms with E-state index in [0.29, 0.717) is 7.92 Å². The van der Waals surface area contributed by atoms with Crippen LogP contribution in [-0.4, -0.2) is 57.6 Å². The smallest absolute Gasteiger partial charge is 0.337 e. The van der Waals surface area contributed by atoms with Crippen LogP contribution in [0.2, 0.25) is 0 Å². The highest BCUT2D eigenvalue weighted by molar-refractivity contribution is 7.85. The zero-order valence-electron chi connectivity index (χ0n) is 15.1. The van der Waals surface area contributed by atoms with Gasteiger partial charge < -0.3 is 9.47 Å². The molecule has 0 aliphatic heterocycles. The molecule has 0 amide bonds. The molecule has 142 valence electrons. The molecule has 0 aromatic heterocycles. The summed E-state index contributed by atoms with van der Waals surface area (Å²) in [7, 11) is -1.91. The van der Waals surface area contributed by atoms with Gasteiger partial charge in [0.15, 0.2) is 0 Å². The fraction of sp³-hybridized carbons (Fsp3) is 0.500. The fourth-order valence-corrected chi connectivity index (χ4v) is 3.78. The van der Waals surface area contributed by atoms with E-state index < -0.39 is 27.0 Å². The predicted octanol–water partition coefficient (Wildman–Crippen LogP) is 3.03. The van der Waals surface area contributed by atoms with E-state index >= 15 is 0 Å². The maximum Gasteiger partial charge on any atom is 0.337 e. The quantitative estimate of drug-likeness (QED) is 0.450. The Labute approximate surface area is 150 Å². The van der Waals surface area contributed by atoms with E-state index in [1.807, 2.05) is 0 Å². The molecule has 1 aromatic carbocycles. The highest BCUT2D eigenvalue weighted by Gasteiger charge is 2.19. The number of hydrogen-bond acceptors (Lipinski definition) is 6. The Morgan fingerprint density at radius 1 is 0.920 bits per heavy atom. The van der Waals surface area contributed by atoms with E-state index in [0.717, 1.165) is 32.4 Å². The highest BCUT2D eigenvalue weighted by Crippen LogP contribution is 2.32. The van der Waals surface area contributed by atoms with Crippen LogP contribution < -0.4 is 0 Å². The molecule has 1 rings (SSSR count). The van der Waals surface area contributed by atoms with Crippen molar-refractivity contribution >= 4 is 30.0 Å². The molecular weight excluding hydrogens is 367 g/mol. The monoisotopic (exact) mass is 392 g/mol. The Morgan fingerprint density at radius 2 is 1.28 bits per heavy atom. The maximum atomic E-state index is 11.3. The van der Waals surface area contributed by atoms with Crippen molar-refractivity contribution in [3.8, 4) is 0 Å². The van der Waals surface area contributed by atoms with Crippen LogP contribution in [0.5, 0.6) is 0 Å². The van der Waals surface area contributed by atoms with Gasteiger partial charge in [-0.2, -0.15) is 8.42 Å². The summed E-state index contributed by atoms with van der Waals surface area (Å²) in [4.78, 5) is 22.0. The summed E-state index contributed by atoms with van der Waals surface area (Å²) < 4.78 is 39.7. The average Bonchev–Trinajstić information content (AvgIpc) is 2.61. The summed E-state index contributed by atoms with van der Waals surface area (Å²) in [5, 5.41) is 0. The van der Waals surface area contributed by atoms with Gasteiger partial charge in [-0.1, -0.05) is 20.8 Å². The molecule has 0 spiro atoms. The number of carbonyl (C=O) groups is 2. The lowest BCUT2D eigenvalue weighted by Crippen LogP contribution is -2.09. The first kappa shape index (κ1) is 23.5. The zero-order valence-corrected chi connectivity index (χ0v) is 16.8. The summed E-state index contributed by atoms with van der Waals surface area (Å²) in [6.07, 6.45) is 4.26. The highest BCUT2D eigenvalue weighted by atomic mass is 32.2. The fourth-order valence-electron chi connectivity index (χ4n) is 1.89. The lowest BCUT2D eigenvalue weighted by molar-refractivity contribution is 0.0598. The van der Waals surface area contributed by atoms with Crippen molar-refractivity contribution in [2.24, 2.45) is 0 Å². The molecule has 0 bridgehead atoms. The second-order valence-electron chi connectivity index (χ2n) is 4.82. The van der Waals surface area contributed by atoms with Crippen molar-refractivity contribution < 1.29 is 32.0 Å². The average molecular weight is 392 g/mol. The lowest BCUT2D eigenvalue weighted by atomic mass is 10.1. The molecule has 0 fully saturated rings. The van der Waals surface area contributed by atoms with Gasteiger partial charge in [0.05, 0.1) is 30.2 Å². The Balaban J connectivity index is 0.000000697. The van der Waals surface area contributed by atoms with Gasteiger partial charge in [-0.25, -0.2) is 9.59 Å². The maximum absolute atomic E-state index is 11.3. The normalized spacial score (nSPS) is 10.7. The van der Waals surface area contributed by atoms with E-state index in [1.54, 1.807) is 0 Å². The molecule has 7 nitrogen and oxygen atoms in total. The second kappa shape index (κ2) is 11.2. The molecular formula is C16H25O7PS. The third kappa shape index (κ3) is 7.94. The van der Waals surface area contributed by atoms with Crippen molar-refractivity contribution in [2.45, 2.75) is 25.7 Å². The number of ether oxygens (including phenoxy) is 2. The third-order valence-corrected chi connectivity index (χ3v) is 6.90. The van der Waals surface area contributed by atoms with E-state index in [2.05, 4.69) is 30.2 Å². The molecule has 0 saturated carbocycles. The first-order valence-corrected chi connectivity index (χ1v) is 11.0. The Morgan fingerprint density at radius 3 is 1.48 bits per heavy atom. The predicted molar refractivity (Wildman–Crippen MR) is 97.5 cm³/mol. The number of rotatable bonds is 6. The van der Waals surface area contributed by atoms with Gasteiger partial charge in [-0.05, 0) is 36.7 Å². The van der Waals surface area contributed by atoms with Gasteiger partial charge in [0.1, 0.15) is 0 Å². The van der Waals surface area contributed by atoms with Gasteiger partial charge in [-0.3, -0.25) is 4.55 Å². The van der Waals surface area contributed by atoms with Crippen LogP contribution in [0.15, 0.2) is 23.1 Å². The third-order valence-electron chi connectivity index (χ3n) is 3.39. The molecule has 9 heteroatoms. The second-order valence-corrected chi connectivity index (χ2v) is 9.48. The molecule has 0 saturated heterocycles. The molecule has 0 heterocycles. The molecule has 0 unspecified atom stereocenters. The van der Waals surface area contributed by atoms with Crippen molar-refractivity contribution in [1.29, 1.82) is 0 Å². The van der Waals surface area contributed by atoms with Crippen LogP contribution >= 0.6 is 7.92 Å². The zero-order chi connectivity index (χ0) is 19.6. The Bertz CT molecular complexity index is 642. The molecule has 1 N–H and O–H groups in total. The van der Waals surface area contributed by atoms with Gasteiger partial charge in [0, 0.05) is 0 Å². The Kier molecular flexibility index (Phi) is 10.5. The van der Waals surface area contributed by atoms with Crippen molar-refractivity contribution in [1.82, 2.24) is 0 Å². The lowest BCUT2D eigenvalue weighted by Gasteiger charge is -2.07. The van der Waals surface area contributed by atoms with Crippen molar-refractivity contribution in [2.75, 3.05) is 32.7 Å². The largest absolute Gasteiger partial charge is 0.465 e. The summed E-state index contributed by atoms with van der Waals surface area (Å²) in [5.41, 5.74) is -0.374. The molecule has 0 atom stereocenters. The minimum atomic E-state index is -4.55. The molecule has 0 radical (unpaired) electrons. The van der Waals surface area contributed by atoms with E-state index in [1.165, 1.54) is 18.5 Å². The SMILES string of the molecule is CCP(CC)CC.COC(=O)c1cc(C(=O)OC)cc(S(=O)(=O)O)c1. The summed E-state index contributed by atoms with van der Waals surface area (Å²) >= 11 is 0. The van der Waals surface area contributed by atoms with Crippen LogP contribution in [0.3, 0.4) is 0 Å². The van der Waals surface area contributed by atoms with Crippen LogP contribution in [0.1, 0.15) is 41.5 Å². The van der Waals surface area contributed by atoms with Crippen molar-refractivity contribution in [3.63, 3.8) is 0 Å². The molecule has 0 aliphatic rings. The van der Waals surface area contributed by atoms with E-state index in [-0.39, 0.29) is 11.1 Å². The van der Waals surface area contributed by atoms with Crippen LogP contribution in [0, 0.1) is 0 Å². The topological polar surface area (TPSA) is 107 Å². The van der Waals surface area contributed by atoms with Crippen LogP contribution in [-0.2, 0) is 19.6 Å². The minimum Gasteiger partial charge on any atom is -0.465 e. The first-order chi connectivity index (χ1) is 11.6.